The second kappa shape index (κ2) is 6.99. The Morgan fingerprint density at radius 2 is 1.60 bits per heavy atom. The Labute approximate surface area is 147 Å². The molecule has 140 valence electrons. The van der Waals surface area contributed by atoms with Crippen molar-refractivity contribution in [3.05, 3.63) is 17.7 Å². The van der Waals surface area contributed by atoms with Crippen molar-refractivity contribution in [2.45, 2.75) is 56.0 Å². The Balaban J connectivity index is 1.86. The molecule has 3 N–H and O–H groups in total. The summed E-state index contributed by atoms with van der Waals surface area (Å²) >= 11 is 0. The molecule has 1 aromatic rings. The van der Waals surface area contributed by atoms with Crippen LogP contribution in [0.2, 0.25) is 0 Å². The smallest absolute Gasteiger partial charge is 0.215 e. The Bertz CT molecular complexity index is 591. The molecule has 7 nitrogen and oxygen atoms in total. The lowest BCUT2D eigenvalue weighted by atomic mass is 9.76. The van der Waals surface area contributed by atoms with Crippen molar-refractivity contribution in [3.8, 4) is 17.2 Å². The van der Waals surface area contributed by atoms with E-state index in [2.05, 4.69) is 5.48 Å². The van der Waals surface area contributed by atoms with Crippen molar-refractivity contribution >= 4 is 0 Å². The minimum atomic E-state index is -1.61. The minimum absolute atomic E-state index is 0.238. The molecule has 1 aliphatic carbocycles. The molecule has 2 aliphatic rings. The highest BCUT2D eigenvalue weighted by Crippen LogP contribution is 2.47. The van der Waals surface area contributed by atoms with Gasteiger partial charge in [-0.25, -0.2) is 0 Å². The van der Waals surface area contributed by atoms with Gasteiger partial charge in [-0.15, -0.1) is 0 Å². The number of benzene rings is 1. The highest BCUT2D eigenvalue weighted by molar-refractivity contribution is 5.54. The maximum atomic E-state index is 10.9. The van der Waals surface area contributed by atoms with Crippen LogP contribution in [0.15, 0.2) is 12.1 Å². The van der Waals surface area contributed by atoms with Crippen LogP contribution in [0, 0.1) is 0 Å². The van der Waals surface area contributed by atoms with Crippen molar-refractivity contribution < 1.29 is 29.3 Å². The number of hydroxylamine groups is 1. The number of hydrogen-bond donors (Lipinski definition) is 3. The fourth-order valence-electron chi connectivity index (χ4n) is 3.83. The van der Waals surface area contributed by atoms with Crippen molar-refractivity contribution in [1.29, 1.82) is 0 Å². The Morgan fingerprint density at radius 1 is 1.00 bits per heavy atom. The third-order valence-corrected chi connectivity index (χ3v) is 5.35. The van der Waals surface area contributed by atoms with Gasteiger partial charge in [-0.2, -0.15) is 5.48 Å². The van der Waals surface area contributed by atoms with E-state index in [9.17, 15) is 10.2 Å². The predicted molar refractivity (Wildman–Crippen MR) is 90.7 cm³/mol. The van der Waals surface area contributed by atoms with Crippen molar-refractivity contribution in [3.63, 3.8) is 0 Å². The van der Waals surface area contributed by atoms with Crippen LogP contribution >= 0.6 is 0 Å². The van der Waals surface area contributed by atoms with Crippen molar-refractivity contribution in [2.75, 3.05) is 21.3 Å². The quantitative estimate of drug-likeness (QED) is 0.746. The molecular formula is C18H27NO6. The Hall–Kier alpha value is -1.54. The number of ether oxygens (including phenoxy) is 3. The maximum Gasteiger partial charge on any atom is 0.215 e. The molecule has 1 aliphatic heterocycles. The van der Waals surface area contributed by atoms with E-state index in [-0.39, 0.29) is 12.5 Å². The highest BCUT2D eigenvalue weighted by atomic mass is 16.8. The van der Waals surface area contributed by atoms with Gasteiger partial charge in [0.2, 0.25) is 11.5 Å². The summed E-state index contributed by atoms with van der Waals surface area (Å²) < 4.78 is 16.1. The van der Waals surface area contributed by atoms with Gasteiger partial charge in [0.1, 0.15) is 5.60 Å². The molecule has 1 saturated carbocycles. The van der Waals surface area contributed by atoms with Gasteiger partial charge in [-0.05, 0) is 30.5 Å². The molecule has 0 bridgehead atoms. The zero-order valence-corrected chi connectivity index (χ0v) is 15.0. The lowest BCUT2D eigenvalue weighted by Crippen LogP contribution is -2.55. The summed E-state index contributed by atoms with van der Waals surface area (Å²) in [4.78, 5) is 5.50. The topological polar surface area (TPSA) is 89.4 Å². The van der Waals surface area contributed by atoms with E-state index in [0.717, 1.165) is 24.8 Å². The number of nitrogens with one attached hydrogen (secondary N) is 1. The van der Waals surface area contributed by atoms with E-state index >= 15 is 0 Å². The molecule has 0 aromatic heterocycles. The van der Waals surface area contributed by atoms with Gasteiger partial charge in [0.15, 0.2) is 11.5 Å². The predicted octanol–water partition coefficient (Wildman–Crippen LogP) is 2.06. The fourth-order valence-corrected chi connectivity index (χ4v) is 3.83. The van der Waals surface area contributed by atoms with Crippen LogP contribution in [0.25, 0.3) is 0 Å². The van der Waals surface area contributed by atoms with Crippen molar-refractivity contribution in [1.82, 2.24) is 5.48 Å². The third-order valence-electron chi connectivity index (χ3n) is 5.35. The van der Waals surface area contributed by atoms with Crippen LogP contribution in [-0.4, -0.2) is 42.9 Å². The van der Waals surface area contributed by atoms with Crippen LogP contribution in [0.4, 0.5) is 0 Å². The Kier molecular flexibility index (Phi) is 5.11. The van der Waals surface area contributed by atoms with Crippen molar-refractivity contribution in [2.24, 2.45) is 0 Å². The molecule has 0 spiro atoms. The monoisotopic (exact) mass is 353 g/mol. The second-order valence-electron chi connectivity index (χ2n) is 6.81. The van der Waals surface area contributed by atoms with Gasteiger partial charge >= 0.3 is 0 Å². The van der Waals surface area contributed by atoms with Crippen LogP contribution in [-0.2, 0) is 4.84 Å². The molecule has 3 rings (SSSR count). The maximum absolute atomic E-state index is 10.9. The standard InChI is InChI=1S/C18H27NO6/c1-22-14-9-12(10-15(23-2)16(14)24-3)13-11-18(21,25-19-13)17(20)7-5-4-6-8-17/h9-10,13,19-21H,4-8,11H2,1-3H3/t13-,18+/m1/s1. The summed E-state index contributed by atoms with van der Waals surface area (Å²) in [6.45, 7) is 0. The van der Waals surface area contributed by atoms with Gasteiger partial charge < -0.3 is 24.4 Å². The van der Waals surface area contributed by atoms with Gasteiger partial charge in [-0.1, -0.05) is 19.3 Å². The molecule has 2 atom stereocenters. The van der Waals surface area contributed by atoms with E-state index < -0.39 is 11.4 Å². The molecule has 0 unspecified atom stereocenters. The summed E-state index contributed by atoms with van der Waals surface area (Å²) in [6, 6.07) is 3.34. The van der Waals surface area contributed by atoms with Gasteiger partial charge in [0.25, 0.3) is 0 Å². The molecule has 25 heavy (non-hydrogen) atoms. The molecule has 1 aromatic carbocycles. The fraction of sp³-hybridized carbons (Fsp3) is 0.667. The van der Waals surface area contributed by atoms with Crippen LogP contribution < -0.4 is 19.7 Å². The zero-order valence-electron chi connectivity index (χ0n) is 15.0. The van der Waals surface area contributed by atoms with E-state index in [0.29, 0.717) is 30.1 Å². The SMILES string of the molecule is COc1cc([C@H]2C[C@@](O)(C3(O)CCCCC3)ON2)cc(OC)c1OC. The zero-order chi connectivity index (χ0) is 18.1. The first-order valence-corrected chi connectivity index (χ1v) is 8.64. The first kappa shape index (κ1) is 18.3. The summed E-state index contributed by atoms with van der Waals surface area (Å²) in [5.41, 5.74) is 2.46. The van der Waals surface area contributed by atoms with E-state index in [1.807, 2.05) is 12.1 Å². The van der Waals surface area contributed by atoms with E-state index in [1.54, 1.807) is 21.3 Å². The number of aliphatic hydroxyl groups is 2. The molecule has 1 heterocycles. The van der Waals surface area contributed by atoms with E-state index in [1.165, 1.54) is 0 Å². The summed E-state index contributed by atoms with van der Waals surface area (Å²) in [6.07, 6.45) is 4.15. The molecule has 7 heteroatoms. The summed E-state index contributed by atoms with van der Waals surface area (Å²) in [7, 11) is 4.66. The molecule has 2 fully saturated rings. The molecular weight excluding hydrogens is 326 g/mol. The summed E-state index contributed by atoms with van der Waals surface area (Å²) in [5, 5.41) is 21.8. The van der Waals surface area contributed by atoms with Gasteiger partial charge in [0, 0.05) is 6.42 Å². The van der Waals surface area contributed by atoms with Crippen LogP contribution in [0.1, 0.15) is 50.1 Å². The largest absolute Gasteiger partial charge is 0.493 e. The lowest BCUT2D eigenvalue weighted by Gasteiger charge is -2.41. The first-order chi connectivity index (χ1) is 12.0. The molecule has 0 radical (unpaired) electrons. The average Bonchev–Trinajstić information content (AvgIpc) is 3.05. The van der Waals surface area contributed by atoms with Crippen LogP contribution in [0.3, 0.4) is 0 Å². The van der Waals surface area contributed by atoms with Gasteiger partial charge in [0.05, 0.1) is 27.4 Å². The average molecular weight is 353 g/mol. The second-order valence-corrected chi connectivity index (χ2v) is 6.81. The van der Waals surface area contributed by atoms with E-state index in [4.69, 9.17) is 19.0 Å². The highest BCUT2D eigenvalue weighted by Gasteiger charge is 2.55. The first-order valence-electron chi connectivity index (χ1n) is 8.64. The lowest BCUT2D eigenvalue weighted by molar-refractivity contribution is -0.303. The molecule has 1 saturated heterocycles. The third kappa shape index (κ3) is 3.17. The Morgan fingerprint density at radius 3 is 2.12 bits per heavy atom. The summed E-state index contributed by atoms with van der Waals surface area (Å²) in [5.74, 6) is -0.0388. The minimum Gasteiger partial charge on any atom is -0.493 e. The van der Waals surface area contributed by atoms with Gasteiger partial charge in [-0.3, -0.25) is 4.84 Å². The normalized spacial score (nSPS) is 28.6. The number of rotatable bonds is 5. The van der Waals surface area contributed by atoms with Crippen LogP contribution in [0.5, 0.6) is 17.2 Å². The number of methoxy groups -OCH3 is 3. The molecule has 0 amide bonds. The number of hydrogen-bond acceptors (Lipinski definition) is 7.